The van der Waals surface area contributed by atoms with Gasteiger partial charge in [-0.05, 0) is 47.0 Å². The van der Waals surface area contributed by atoms with Crippen LogP contribution in [0.3, 0.4) is 0 Å². The lowest BCUT2D eigenvalue weighted by Crippen LogP contribution is -2.42. The lowest BCUT2D eigenvalue weighted by Gasteiger charge is -2.16. The Bertz CT molecular complexity index is 463. The van der Waals surface area contributed by atoms with E-state index in [1.165, 1.54) is 14.0 Å². The molecule has 7 heteroatoms. The van der Waals surface area contributed by atoms with Crippen molar-refractivity contribution in [1.82, 2.24) is 5.32 Å². The Balaban J connectivity index is 2.67. The third-order valence-corrected chi connectivity index (χ3v) is 3.05. The molecule has 1 aromatic rings. The van der Waals surface area contributed by atoms with Crippen LogP contribution in [-0.4, -0.2) is 25.2 Å². The van der Waals surface area contributed by atoms with Gasteiger partial charge in [0.1, 0.15) is 5.75 Å². The smallest absolute Gasteiger partial charge is 0.471 e. The van der Waals surface area contributed by atoms with Crippen molar-refractivity contribution in [2.45, 2.75) is 25.6 Å². The third kappa shape index (κ3) is 4.74. The van der Waals surface area contributed by atoms with Crippen LogP contribution in [0.4, 0.5) is 13.2 Å². The molecule has 1 N–H and O–H groups in total. The number of rotatable bonds is 4. The number of hydrogen-bond donors (Lipinski definition) is 1. The van der Waals surface area contributed by atoms with Gasteiger partial charge in [0.2, 0.25) is 0 Å². The van der Waals surface area contributed by atoms with Gasteiger partial charge in [-0.1, -0.05) is 6.07 Å². The number of hydrogen-bond acceptors (Lipinski definition) is 2. The van der Waals surface area contributed by atoms with Crippen LogP contribution >= 0.6 is 15.9 Å². The Kier molecular flexibility index (Phi) is 5.22. The molecule has 0 spiro atoms. The minimum atomic E-state index is -4.86. The monoisotopic (exact) mass is 339 g/mol. The number of alkyl halides is 3. The molecule has 0 radical (unpaired) electrons. The van der Waals surface area contributed by atoms with Gasteiger partial charge in [-0.2, -0.15) is 13.2 Å². The zero-order valence-corrected chi connectivity index (χ0v) is 11.9. The quantitative estimate of drug-likeness (QED) is 0.915. The molecule has 0 fully saturated rings. The molecule has 0 bridgehead atoms. The minimum absolute atomic E-state index is 0.283. The van der Waals surface area contributed by atoms with Crippen molar-refractivity contribution < 1.29 is 22.7 Å². The van der Waals surface area contributed by atoms with Crippen LogP contribution < -0.4 is 10.1 Å². The largest absolute Gasteiger partial charge is 0.496 e. The second-order valence-corrected chi connectivity index (χ2v) is 4.90. The SMILES string of the molecule is COc1cc(CC(C)NC(=O)C(F)(F)F)ccc1Br. The number of ether oxygens (including phenoxy) is 1. The first-order chi connectivity index (χ1) is 8.74. The fourth-order valence-electron chi connectivity index (χ4n) is 1.54. The summed E-state index contributed by atoms with van der Waals surface area (Å²) in [6.07, 6.45) is -4.57. The Morgan fingerprint density at radius 2 is 2.11 bits per heavy atom. The highest BCUT2D eigenvalue weighted by atomic mass is 79.9. The number of carbonyl (C=O) groups excluding carboxylic acids is 1. The highest BCUT2D eigenvalue weighted by molar-refractivity contribution is 9.10. The van der Waals surface area contributed by atoms with E-state index in [1.54, 1.807) is 18.2 Å². The summed E-state index contributed by atoms with van der Waals surface area (Å²) < 4.78 is 42.1. The van der Waals surface area contributed by atoms with Crippen LogP contribution in [0.5, 0.6) is 5.75 Å². The summed E-state index contributed by atoms with van der Waals surface area (Å²) >= 11 is 3.28. The molecule has 3 nitrogen and oxygen atoms in total. The average Bonchev–Trinajstić information content (AvgIpc) is 2.30. The normalized spacial score (nSPS) is 12.9. The average molecular weight is 340 g/mol. The van der Waals surface area contributed by atoms with Crippen LogP contribution in [0.2, 0.25) is 0 Å². The highest BCUT2D eigenvalue weighted by Crippen LogP contribution is 2.26. The molecule has 1 aromatic carbocycles. The summed E-state index contributed by atoms with van der Waals surface area (Å²) in [7, 11) is 1.50. The van der Waals surface area contributed by atoms with Gasteiger partial charge < -0.3 is 10.1 Å². The maximum Gasteiger partial charge on any atom is 0.471 e. The molecular formula is C12H13BrF3NO2. The standard InChI is InChI=1S/C12H13BrF3NO2/c1-7(17-11(18)12(14,15)16)5-8-3-4-9(13)10(6-8)19-2/h3-4,6-7H,5H2,1-2H3,(H,17,18). The maximum absolute atomic E-state index is 12.1. The third-order valence-electron chi connectivity index (χ3n) is 2.39. The predicted octanol–water partition coefficient (Wildman–Crippen LogP) is 3.07. The van der Waals surface area contributed by atoms with Gasteiger partial charge in [0.25, 0.3) is 0 Å². The fourth-order valence-corrected chi connectivity index (χ4v) is 1.95. The lowest BCUT2D eigenvalue weighted by atomic mass is 10.1. The van der Waals surface area contributed by atoms with Crippen LogP contribution in [0.1, 0.15) is 12.5 Å². The predicted molar refractivity (Wildman–Crippen MR) is 68.1 cm³/mol. The topological polar surface area (TPSA) is 38.3 Å². The van der Waals surface area contributed by atoms with Crippen molar-refractivity contribution in [2.75, 3.05) is 7.11 Å². The first-order valence-corrected chi connectivity index (χ1v) is 6.23. The summed E-state index contributed by atoms with van der Waals surface area (Å²) in [5.41, 5.74) is 0.773. The Morgan fingerprint density at radius 1 is 1.47 bits per heavy atom. The van der Waals surface area contributed by atoms with Gasteiger partial charge in [0.15, 0.2) is 0 Å². The van der Waals surface area contributed by atoms with Crippen molar-refractivity contribution in [3.05, 3.63) is 28.2 Å². The van der Waals surface area contributed by atoms with E-state index in [1.807, 2.05) is 5.32 Å². The van der Waals surface area contributed by atoms with Crippen LogP contribution in [-0.2, 0) is 11.2 Å². The molecule has 0 saturated heterocycles. The number of amides is 1. The van der Waals surface area contributed by atoms with E-state index in [2.05, 4.69) is 15.9 Å². The van der Waals surface area contributed by atoms with Gasteiger partial charge in [-0.15, -0.1) is 0 Å². The minimum Gasteiger partial charge on any atom is -0.496 e. The van der Waals surface area contributed by atoms with Gasteiger partial charge in [0.05, 0.1) is 11.6 Å². The number of benzene rings is 1. The molecule has 19 heavy (non-hydrogen) atoms. The van der Waals surface area contributed by atoms with E-state index < -0.39 is 18.1 Å². The van der Waals surface area contributed by atoms with Crippen molar-refractivity contribution in [1.29, 1.82) is 0 Å². The van der Waals surface area contributed by atoms with E-state index >= 15 is 0 Å². The summed E-state index contributed by atoms with van der Waals surface area (Å²) in [6, 6.07) is 4.58. The molecule has 0 aromatic heterocycles. The first-order valence-electron chi connectivity index (χ1n) is 5.44. The fraction of sp³-hybridized carbons (Fsp3) is 0.417. The lowest BCUT2D eigenvalue weighted by molar-refractivity contribution is -0.174. The molecule has 0 saturated carbocycles. The number of halogens is 4. The Labute approximate surface area is 117 Å². The second-order valence-electron chi connectivity index (χ2n) is 4.05. The molecule has 1 unspecified atom stereocenters. The molecule has 1 rings (SSSR count). The maximum atomic E-state index is 12.1. The molecule has 0 heterocycles. The highest BCUT2D eigenvalue weighted by Gasteiger charge is 2.39. The van der Waals surface area contributed by atoms with Gasteiger partial charge in [-0.3, -0.25) is 4.79 Å². The molecule has 1 amide bonds. The van der Waals surface area contributed by atoms with Crippen molar-refractivity contribution in [2.24, 2.45) is 0 Å². The Hall–Kier alpha value is -1.24. The summed E-state index contributed by atoms with van der Waals surface area (Å²) in [4.78, 5) is 10.8. The van der Waals surface area contributed by atoms with E-state index in [0.717, 1.165) is 10.0 Å². The van der Waals surface area contributed by atoms with Crippen LogP contribution in [0.15, 0.2) is 22.7 Å². The summed E-state index contributed by atoms with van der Waals surface area (Å²) in [5.74, 6) is -1.34. The molecule has 0 aliphatic rings. The van der Waals surface area contributed by atoms with Crippen molar-refractivity contribution in [3.8, 4) is 5.75 Å². The number of carbonyl (C=O) groups is 1. The van der Waals surface area contributed by atoms with Gasteiger partial charge in [0, 0.05) is 6.04 Å². The number of methoxy groups -OCH3 is 1. The van der Waals surface area contributed by atoms with Gasteiger partial charge in [-0.25, -0.2) is 0 Å². The van der Waals surface area contributed by atoms with Gasteiger partial charge >= 0.3 is 12.1 Å². The van der Waals surface area contributed by atoms with E-state index in [-0.39, 0.29) is 6.42 Å². The second kappa shape index (κ2) is 6.27. The van der Waals surface area contributed by atoms with E-state index in [0.29, 0.717) is 5.75 Å². The molecule has 106 valence electrons. The molecule has 1 atom stereocenters. The molecule has 0 aliphatic heterocycles. The van der Waals surface area contributed by atoms with Crippen molar-refractivity contribution in [3.63, 3.8) is 0 Å². The molecular weight excluding hydrogens is 327 g/mol. The summed E-state index contributed by atoms with van der Waals surface area (Å²) in [5, 5.41) is 1.90. The molecule has 0 aliphatic carbocycles. The zero-order chi connectivity index (χ0) is 14.6. The zero-order valence-electron chi connectivity index (χ0n) is 10.3. The van der Waals surface area contributed by atoms with E-state index in [9.17, 15) is 18.0 Å². The van der Waals surface area contributed by atoms with Crippen LogP contribution in [0, 0.1) is 0 Å². The van der Waals surface area contributed by atoms with Crippen LogP contribution in [0.25, 0.3) is 0 Å². The first kappa shape index (κ1) is 15.8. The summed E-state index contributed by atoms with van der Waals surface area (Å²) in [6.45, 7) is 1.51. The Morgan fingerprint density at radius 3 is 2.63 bits per heavy atom. The van der Waals surface area contributed by atoms with Crippen molar-refractivity contribution >= 4 is 21.8 Å². The number of nitrogens with one attached hydrogen (secondary N) is 1. The van der Waals surface area contributed by atoms with E-state index in [4.69, 9.17) is 4.74 Å².